The molecule has 2 aromatic carbocycles. The number of hydrogen-bond acceptors (Lipinski definition) is 4. The summed E-state index contributed by atoms with van der Waals surface area (Å²) in [6.45, 7) is 1.93. The Morgan fingerprint density at radius 3 is 2.68 bits per heavy atom. The normalized spacial score (nSPS) is 10.6. The molecule has 1 heterocycles. The zero-order chi connectivity index (χ0) is 20.1. The van der Waals surface area contributed by atoms with Gasteiger partial charge < -0.3 is 10.6 Å². The topological polar surface area (TPSA) is 93.1 Å². The number of carbonyl (C=O) groups excluding carboxylic acids is 2. The van der Waals surface area contributed by atoms with Gasteiger partial charge in [-0.15, -0.1) is 0 Å². The van der Waals surface area contributed by atoms with Crippen molar-refractivity contribution in [2.75, 3.05) is 11.9 Å². The molecule has 8 heteroatoms. The van der Waals surface area contributed by atoms with Crippen molar-refractivity contribution in [1.82, 2.24) is 14.9 Å². The predicted octanol–water partition coefficient (Wildman–Crippen LogP) is 2.61. The van der Waals surface area contributed by atoms with Crippen LogP contribution < -0.4 is 16.2 Å². The maximum absolute atomic E-state index is 12.5. The molecule has 28 heavy (non-hydrogen) atoms. The maximum Gasteiger partial charge on any atom is 0.261 e. The van der Waals surface area contributed by atoms with Crippen LogP contribution in [-0.2, 0) is 16.1 Å². The van der Waals surface area contributed by atoms with Crippen molar-refractivity contribution in [3.05, 3.63) is 69.2 Å². The van der Waals surface area contributed by atoms with Crippen molar-refractivity contribution in [2.45, 2.75) is 19.9 Å². The minimum absolute atomic E-state index is 0.0707. The molecule has 1 aromatic heterocycles. The molecule has 0 aliphatic rings. The summed E-state index contributed by atoms with van der Waals surface area (Å²) in [4.78, 5) is 40.8. The standard InChI is InChI=1S/C20H19BrN4O3/c1-13-5-4-6-14-19(13)23-12-25(20(14)28)10-9-17(26)22-11-18(27)24-16-8-3-2-7-15(16)21/h2-8,12H,9-11H2,1H3,(H,22,26)(H,24,27). The maximum atomic E-state index is 12.5. The molecule has 3 rings (SSSR count). The number of amides is 2. The number of nitrogens with one attached hydrogen (secondary N) is 2. The van der Waals surface area contributed by atoms with Gasteiger partial charge in [-0.2, -0.15) is 0 Å². The van der Waals surface area contributed by atoms with Crippen molar-refractivity contribution in [2.24, 2.45) is 0 Å². The van der Waals surface area contributed by atoms with Crippen LogP contribution in [0.3, 0.4) is 0 Å². The largest absolute Gasteiger partial charge is 0.347 e. The Labute approximate surface area is 169 Å². The molecule has 2 N–H and O–H groups in total. The molecule has 0 spiro atoms. The highest BCUT2D eigenvalue weighted by Crippen LogP contribution is 2.20. The van der Waals surface area contributed by atoms with Gasteiger partial charge in [-0.3, -0.25) is 19.0 Å². The van der Waals surface area contributed by atoms with Crippen LogP contribution >= 0.6 is 15.9 Å². The third-order valence-corrected chi connectivity index (χ3v) is 4.92. The van der Waals surface area contributed by atoms with Gasteiger partial charge in [0.25, 0.3) is 5.56 Å². The average Bonchev–Trinajstić information content (AvgIpc) is 2.68. The van der Waals surface area contributed by atoms with Crippen LogP contribution in [-0.4, -0.2) is 27.9 Å². The molecule has 0 aliphatic carbocycles. The van der Waals surface area contributed by atoms with Gasteiger partial charge >= 0.3 is 0 Å². The number of rotatable bonds is 6. The average molecular weight is 443 g/mol. The number of aromatic nitrogens is 2. The predicted molar refractivity (Wildman–Crippen MR) is 111 cm³/mol. The number of nitrogens with zero attached hydrogens (tertiary/aromatic N) is 2. The monoisotopic (exact) mass is 442 g/mol. The van der Waals surface area contributed by atoms with E-state index < -0.39 is 0 Å². The van der Waals surface area contributed by atoms with E-state index in [-0.39, 0.29) is 36.9 Å². The van der Waals surface area contributed by atoms with Crippen LogP contribution in [0, 0.1) is 6.92 Å². The summed E-state index contributed by atoms with van der Waals surface area (Å²) < 4.78 is 2.16. The lowest BCUT2D eigenvalue weighted by molar-refractivity contribution is -0.124. The Balaban J connectivity index is 1.54. The van der Waals surface area contributed by atoms with Crippen molar-refractivity contribution < 1.29 is 9.59 Å². The van der Waals surface area contributed by atoms with E-state index in [9.17, 15) is 14.4 Å². The van der Waals surface area contributed by atoms with Gasteiger partial charge in [0.1, 0.15) is 0 Å². The molecule has 0 radical (unpaired) electrons. The Kier molecular flexibility index (Phi) is 6.20. The number of halogens is 1. The number of aryl methyl sites for hydroxylation is 2. The van der Waals surface area contributed by atoms with Gasteiger partial charge in [0.05, 0.1) is 29.5 Å². The first-order valence-electron chi connectivity index (χ1n) is 8.71. The molecule has 0 aliphatic heterocycles. The number of anilines is 1. The Bertz CT molecular complexity index is 1090. The molecule has 3 aromatic rings. The summed E-state index contributed by atoms with van der Waals surface area (Å²) in [5.74, 6) is -0.654. The molecule has 144 valence electrons. The first-order chi connectivity index (χ1) is 13.5. The lowest BCUT2D eigenvalue weighted by Gasteiger charge is -2.09. The Morgan fingerprint density at radius 1 is 1.11 bits per heavy atom. The highest BCUT2D eigenvalue weighted by atomic mass is 79.9. The Hall–Kier alpha value is -3.00. The summed E-state index contributed by atoms with van der Waals surface area (Å²) in [7, 11) is 0. The van der Waals surface area contributed by atoms with Crippen molar-refractivity contribution in [1.29, 1.82) is 0 Å². The summed E-state index contributed by atoms with van der Waals surface area (Å²) in [6.07, 6.45) is 1.52. The van der Waals surface area contributed by atoms with E-state index in [4.69, 9.17) is 0 Å². The minimum atomic E-state index is -0.333. The molecule has 2 amide bonds. The zero-order valence-electron chi connectivity index (χ0n) is 15.2. The number of benzene rings is 2. The first-order valence-corrected chi connectivity index (χ1v) is 9.51. The molecular formula is C20H19BrN4O3. The van der Waals surface area contributed by atoms with Gasteiger partial charge in [-0.05, 0) is 46.6 Å². The fourth-order valence-electron chi connectivity index (χ4n) is 2.74. The van der Waals surface area contributed by atoms with Crippen LogP contribution in [0.4, 0.5) is 5.69 Å². The van der Waals surface area contributed by atoms with E-state index in [1.807, 2.05) is 31.2 Å². The lowest BCUT2D eigenvalue weighted by atomic mass is 10.1. The summed E-state index contributed by atoms with van der Waals surface area (Å²) in [5, 5.41) is 5.79. The van der Waals surface area contributed by atoms with Crippen LogP contribution in [0.1, 0.15) is 12.0 Å². The molecule has 0 saturated carbocycles. The highest BCUT2D eigenvalue weighted by Gasteiger charge is 2.10. The first kappa shape index (κ1) is 19.8. The lowest BCUT2D eigenvalue weighted by Crippen LogP contribution is -2.34. The van der Waals surface area contributed by atoms with E-state index in [1.54, 1.807) is 18.2 Å². The summed E-state index contributed by atoms with van der Waals surface area (Å²) >= 11 is 3.34. The van der Waals surface area contributed by atoms with Crippen LogP contribution in [0.15, 0.2) is 58.1 Å². The molecule has 0 fully saturated rings. The van der Waals surface area contributed by atoms with E-state index in [0.717, 1.165) is 10.0 Å². The highest BCUT2D eigenvalue weighted by molar-refractivity contribution is 9.10. The van der Waals surface area contributed by atoms with Crippen molar-refractivity contribution in [3.8, 4) is 0 Å². The van der Waals surface area contributed by atoms with Gasteiger partial charge in [0.2, 0.25) is 11.8 Å². The van der Waals surface area contributed by atoms with Crippen molar-refractivity contribution in [3.63, 3.8) is 0 Å². The Morgan fingerprint density at radius 2 is 1.89 bits per heavy atom. The SMILES string of the molecule is Cc1cccc2c(=O)n(CCC(=O)NCC(=O)Nc3ccccc3Br)cnc12. The van der Waals surface area contributed by atoms with E-state index in [2.05, 4.69) is 31.5 Å². The second-order valence-corrected chi connectivity index (χ2v) is 7.12. The molecule has 0 unspecified atom stereocenters. The van der Waals surface area contributed by atoms with Crippen LogP contribution in [0.2, 0.25) is 0 Å². The van der Waals surface area contributed by atoms with E-state index in [1.165, 1.54) is 10.9 Å². The fourth-order valence-corrected chi connectivity index (χ4v) is 3.13. The summed E-state index contributed by atoms with van der Waals surface area (Å²) in [5.41, 5.74) is 2.03. The van der Waals surface area contributed by atoms with E-state index in [0.29, 0.717) is 16.6 Å². The third kappa shape index (κ3) is 4.64. The quantitative estimate of drug-likeness (QED) is 0.613. The van der Waals surface area contributed by atoms with Gasteiger partial charge in [0, 0.05) is 17.4 Å². The molecule has 0 atom stereocenters. The molecule has 0 bridgehead atoms. The molecule has 7 nitrogen and oxygen atoms in total. The molecule has 0 saturated heterocycles. The second kappa shape index (κ2) is 8.79. The van der Waals surface area contributed by atoms with Gasteiger partial charge in [-0.1, -0.05) is 24.3 Å². The minimum Gasteiger partial charge on any atom is -0.347 e. The smallest absolute Gasteiger partial charge is 0.261 e. The van der Waals surface area contributed by atoms with E-state index >= 15 is 0 Å². The number of fused-ring (bicyclic) bond motifs is 1. The second-order valence-electron chi connectivity index (χ2n) is 6.27. The van der Waals surface area contributed by atoms with Crippen molar-refractivity contribution >= 4 is 44.3 Å². The third-order valence-electron chi connectivity index (χ3n) is 4.23. The summed E-state index contributed by atoms with van der Waals surface area (Å²) in [6, 6.07) is 12.6. The van der Waals surface area contributed by atoms with Gasteiger partial charge in [0.15, 0.2) is 0 Å². The van der Waals surface area contributed by atoms with Gasteiger partial charge in [-0.25, -0.2) is 4.98 Å². The number of carbonyl (C=O) groups is 2. The number of para-hydroxylation sites is 2. The van der Waals surface area contributed by atoms with Crippen LogP contribution in [0.5, 0.6) is 0 Å². The fraction of sp³-hybridized carbons (Fsp3) is 0.200. The molecular weight excluding hydrogens is 424 g/mol. The zero-order valence-corrected chi connectivity index (χ0v) is 16.8. The van der Waals surface area contributed by atoms with Crippen LogP contribution in [0.25, 0.3) is 10.9 Å². The number of hydrogen-bond donors (Lipinski definition) is 2.